The van der Waals surface area contributed by atoms with Crippen LogP contribution in [0.5, 0.6) is 11.5 Å². The van der Waals surface area contributed by atoms with Crippen molar-refractivity contribution >= 4 is 5.91 Å². The number of nitrogens with two attached hydrogens (primary N) is 1. The van der Waals surface area contributed by atoms with Crippen LogP contribution >= 0.6 is 0 Å². The Labute approximate surface area is 143 Å². The van der Waals surface area contributed by atoms with Crippen LogP contribution in [0.15, 0.2) is 18.2 Å². The summed E-state index contributed by atoms with van der Waals surface area (Å²) in [5.41, 5.74) is 6.11. The van der Waals surface area contributed by atoms with Crippen molar-refractivity contribution in [1.29, 1.82) is 0 Å². The second-order valence-corrected chi connectivity index (χ2v) is 6.96. The lowest BCUT2D eigenvalue weighted by Gasteiger charge is -2.22. The highest BCUT2D eigenvalue weighted by Crippen LogP contribution is 2.52. The van der Waals surface area contributed by atoms with E-state index in [0.29, 0.717) is 42.0 Å². The lowest BCUT2D eigenvalue weighted by molar-refractivity contribution is 0.0761. The molecule has 132 valence electrons. The Bertz CT molecular complexity index is 593. The molecule has 3 rings (SSSR count). The molecule has 2 fully saturated rings. The van der Waals surface area contributed by atoms with Crippen LogP contribution in [0.4, 0.5) is 0 Å². The second kappa shape index (κ2) is 6.99. The summed E-state index contributed by atoms with van der Waals surface area (Å²) in [5.74, 6) is 3.32. The van der Waals surface area contributed by atoms with E-state index in [9.17, 15) is 4.79 Å². The zero-order valence-corrected chi connectivity index (χ0v) is 14.7. The lowest BCUT2D eigenvalue weighted by atomic mass is 10.1. The molecule has 6 heteroatoms. The fraction of sp³-hybridized carbons (Fsp3) is 0.611. The molecule has 1 unspecified atom stereocenters. The molecule has 0 spiro atoms. The van der Waals surface area contributed by atoms with Crippen LogP contribution in [0.25, 0.3) is 0 Å². The minimum atomic E-state index is 0.0421. The van der Waals surface area contributed by atoms with Crippen LogP contribution in [-0.4, -0.2) is 69.7 Å². The highest BCUT2D eigenvalue weighted by atomic mass is 16.5. The van der Waals surface area contributed by atoms with E-state index in [2.05, 4.69) is 19.0 Å². The van der Waals surface area contributed by atoms with Crippen molar-refractivity contribution in [3.63, 3.8) is 0 Å². The molecular formula is C18H27N3O3. The third-order valence-electron chi connectivity index (χ3n) is 5.03. The standard InChI is InChI=1S/C18H27N3O3/c1-20(2)9-14-15-10-21(11-16(14)15)18(22)13-5-4-12(23-3)8-17(13)24-7-6-19/h4-5,8,14-16H,6-7,9-11,19H2,1-3H3/t14?,15-,16+. The third kappa shape index (κ3) is 3.35. The molecule has 1 saturated carbocycles. The summed E-state index contributed by atoms with van der Waals surface area (Å²) in [7, 11) is 5.81. The first-order chi connectivity index (χ1) is 11.5. The summed E-state index contributed by atoms with van der Waals surface area (Å²) in [6.07, 6.45) is 0. The number of methoxy groups -OCH3 is 1. The molecule has 3 atom stereocenters. The molecule has 1 amide bonds. The van der Waals surface area contributed by atoms with Crippen molar-refractivity contribution in [2.24, 2.45) is 23.5 Å². The Morgan fingerprint density at radius 2 is 2.04 bits per heavy atom. The molecule has 1 aliphatic carbocycles. The largest absolute Gasteiger partial charge is 0.497 e. The number of piperidine rings is 1. The van der Waals surface area contributed by atoms with Crippen LogP contribution in [-0.2, 0) is 0 Å². The molecule has 24 heavy (non-hydrogen) atoms. The van der Waals surface area contributed by atoms with E-state index < -0.39 is 0 Å². The molecule has 1 saturated heterocycles. The molecule has 2 N–H and O–H groups in total. The van der Waals surface area contributed by atoms with Crippen molar-refractivity contribution in [1.82, 2.24) is 9.80 Å². The van der Waals surface area contributed by atoms with Crippen LogP contribution in [0, 0.1) is 17.8 Å². The van der Waals surface area contributed by atoms with Gasteiger partial charge >= 0.3 is 0 Å². The smallest absolute Gasteiger partial charge is 0.257 e. The van der Waals surface area contributed by atoms with Gasteiger partial charge in [-0.15, -0.1) is 0 Å². The molecular weight excluding hydrogens is 306 g/mol. The summed E-state index contributed by atoms with van der Waals surface area (Å²) in [4.78, 5) is 17.1. The molecule has 1 heterocycles. The third-order valence-corrected chi connectivity index (χ3v) is 5.03. The Balaban J connectivity index is 1.68. The first-order valence-corrected chi connectivity index (χ1v) is 8.50. The number of nitrogens with zero attached hydrogens (tertiary/aromatic N) is 2. The highest BCUT2D eigenvalue weighted by Gasteiger charge is 2.56. The summed E-state index contributed by atoms with van der Waals surface area (Å²) >= 11 is 0. The quantitative estimate of drug-likeness (QED) is 0.803. The predicted octanol–water partition coefficient (Wildman–Crippen LogP) is 0.912. The first kappa shape index (κ1) is 17.0. The Hall–Kier alpha value is -1.79. The van der Waals surface area contributed by atoms with Crippen molar-refractivity contribution in [2.45, 2.75) is 0 Å². The summed E-state index contributed by atoms with van der Waals surface area (Å²) < 4.78 is 10.9. The van der Waals surface area contributed by atoms with Crippen LogP contribution in [0.1, 0.15) is 10.4 Å². The number of carbonyl (C=O) groups excluding carboxylic acids is 1. The van der Waals surface area contributed by atoms with Gasteiger partial charge < -0.3 is 25.0 Å². The van der Waals surface area contributed by atoms with Crippen molar-refractivity contribution in [2.75, 3.05) is 54.0 Å². The number of benzene rings is 1. The molecule has 6 nitrogen and oxygen atoms in total. The molecule has 1 aromatic rings. The number of rotatable bonds is 7. The number of likely N-dealkylation sites (tertiary alicyclic amines) is 1. The number of amides is 1. The van der Waals surface area contributed by atoms with Gasteiger partial charge in [0.05, 0.1) is 12.7 Å². The van der Waals surface area contributed by atoms with E-state index in [-0.39, 0.29) is 5.91 Å². The normalized spacial score (nSPS) is 24.9. The lowest BCUT2D eigenvalue weighted by Crippen LogP contribution is -2.33. The van der Waals surface area contributed by atoms with Gasteiger partial charge in [-0.05, 0) is 44.0 Å². The van der Waals surface area contributed by atoms with E-state index in [1.165, 1.54) is 0 Å². The summed E-state index contributed by atoms with van der Waals surface area (Å²) in [6.45, 7) is 3.61. The van der Waals surface area contributed by atoms with Crippen LogP contribution in [0.3, 0.4) is 0 Å². The van der Waals surface area contributed by atoms with Gasteiger partial charge in [0.2, 0.25) is 0 Å². The van der Waals surface area contributed by atoms with E-state index in [1.807, 2.05) is 4.90 Å². The average Bonchev–Trinajstić information content (AvgIpc) is 3.01. The zero-order valence-electron chi connectivity index (χ0n) is 14.7. The Morgan fingerprint density at radius 3 is 2.62 bits per heavy atom. The molecule has 0 bridgehead atoms. The average molecular weight is 333 g/mol. The van der Waals surface area contributed by atoms with Gasteiger partial charge in [-0.3, -0.25) is 4.79 Å². The molecule has 0 aromatic heterocycles. The van der Waals surface area contributed by atoms with E-state index in [0.717, 1.165) is 25.6 Å². The van der Waals surface area contributed by atoms with Crippen LogP contribution in [0.2, 0.25) is 0 Å². The molecule has 1 aliphatic heterocycles. The molecule has 1 aromatic carbocycles. The van der Waals surface area contributed by atoms with Gasteiger partial charge in [-0.1, -0.05) is 0 Å². The van der Waals surface area contributed by atoms with Gasteiger partial charge in [0, 0.05) is 32.2 Å². The van der Waals surface area contributed by atoms with E-state index in [4.69, 9.17) is 15.2 Å². The van der Waals surface area contributed by atoms with Gasteiger partial charge in [0.15, 0.2) is 0 Å². The number of ether oxygens (including phenoxy) is 2. The monoisotopic (exact) mass is 333 g/mol. The van der Waals surface area contributed by atoms with Gasteiger partial charge in [0.1, 0.15) is 18.1 Å². The van der Waals surface area contributed by atoms with Crippen molar-refractivity contribution in [3.8, 4) is 11.5 Å². The van der Waals surface area contributed by atoms with E-state index >= 15 is 0 Å². The fourth-order valence-electron chi connectivity index (χ4n) is 3.77. The number of carbonyl (C=O) groups is 1. The fourth-order valence-corrected chi connectivity index (χ4v) is 3.77. The minimum absolute atomic E-state index is 0.0421. The number of fused-ring (bicyclic) bond motifs is 1. The molecule has 0 radical (unpaired) electrons. The second-order valence-electron chi connectivity index (χ2n) is 6.96. The summed E-state index contributed by atoms with van der Waals surface area (Å²) in [5, 5.41) is 0. The maximum absolute atomic E-state index is 12.9. The first-order valence-electron chi connectivity index (χ1n) is 8.50. The Kier molecular flexibility index (Phi) is 4.96. The highest BCUT2D eigenvalue weighted by molar-refractivity contribution is 5.97. The predicted molar refractivity (Wildman–Crippen MR) is 92.5 cm³/mol. The topological polar surface area (TPSA) is 68.0 Å². The maximum Gasteiger partial charge on any atom is 0.257 e. The summed E-state index contributed by atoms with van der Waals surface area (Å²) in [6, 6.07) is 5.34. The zero-order chi connectivity index (χ0) is 17.3. The minimum Gasteiger partial charge on any atom is -0.497 e. The van der Waals surface area contributed by atoms with Crippen molar-refractivity contribution in [3.05, 3.63) is 23.8 Å². The number of hydrogen-bond acceptors (Lipinski definition) is 5. The number of hydrogen-bond donors (Lipinski definition) is 1. The van der Waals surface area contributed by atoms with Crippen LogP contribution < -0.4 is 15.2 Å². The van der Waals surface area contributed by atoms with Gasteiger partial charge in [-0.2, -0.15) is 0 Å². The molecule has 2 aliphatic rings. The maximum atomic E-state index is 12.9. The van der Waals surface area contributed by atoms with Gasteiger partial charge in [0.25, 0.3) is 5.91 Å². The SMILES string of the molecule is COc1ccc(C(=O)N2C[C@@H]3C(CN(C)C)[C@@H]3C2)c(OCCN)c1. The Morgan fingerprint density at radius 1 is 1.33 bits per heavy atom. The van der Waals surface area contributed by atoms with E-state index in [1.54, 1.807) is 25.3 Å². The van der Waals surface area contributed by atoms with Crippen molar-refractivity contribution < 1.29 is 14.3 Å². The van der Waals surface area contributed by atoms with Gasteiger partial charge in [-0.25, -0.2) is 0 Å².